The van der Waals surface area contributed by atoms with E-state index in [4.69, 9.17) is 0 Å². The van der Waals surface area contributed by atoms with Crippen molar-refractivity contribution in [3.8, 4) is 5.75 Å². The zero-order valence-corrected chi connectivity index (χ0v) is 15.4. The molecule has 0 spiro atoms. The van der Waals surface area contributed by atoms with E-state index in [2.05, 4.69) is 10.1 Å². The molecule has 1 unspecified atom stereocenters. The highest BCUT2D eigenvalue weighted by Crippen LogP contribution is 2.29. The number of phenols is 1. The minimum absolute atomic E-state index is 0.0675. The van der Waals surface area contributed by atoms with Crippen LogP contribution in [0.3, 0.4) is 0 Å². The number of phenolic OH excluding ortho intramolecular Hbond substituents is 1. The summed E-state index contributed by atoms with van der Waals surface area (Å²) in [6, 6.07) is 24.0. The van der Waals surface area contributed by atoms with E-state index in [0.717, 1.165) is 16.8 Å². The van der Waals surface area contributed by atoms with E-state index in [1.807, 2.05) is 61.5 Å². The molecule has 1 aliphatic heterocycles. The molecular weight excluding hydrogens is 350 g/mol. The lowest BCUT2D eigenvalue weighted by Crippen LogP contribution is -2.28. The second-order valence-electron chi connectivity index (χ2n) is 6.58. The van der Waals surface area contributed by atoms with Crippen molar-refractivity contribution in [1.29, 1.82) is 0 Å². The number of anilines is 1. The molecule has 1 heterocycles. The van der Waals surface area contributed by atoms with Crippen molar-refractivity contribution in [2.24, 2.45) is 16.0 Å². The minimum Gasteiger partial charge on any atom is -0.506 e. The average Bonchev–Trinajstić information content (AvgIpc) is 3.04. The summed E-state index contributed by atoms with van der Waals surface area (Å²) in [5, 5.41) is 16.0. The Balaban J connectivity index is 1.74. The van der Waals surface area contributed by atoms with Crippen molar-refractivity contribution in [1.82, 2.24) is 0 Å². The van der Waals surface area contributed by atoms with E-state index in [0.29, 0.717) is 11.4 Å². The van der Waals surface area contributed by atoms with Crippen molar-refractivity contribution < 1.29 is 9.90 Å². The van der Waals surface area contributed by atoms with Gasteiger partial charge < -0.3 is 5.11 Å². The van der Waals surface area contributed by atoms with Crippen LogP contribution in [0, 0.1) is 12.8 Å². The maximum absolute atomic E-state index is 13.2. The molecular formula is C23H19N3O2. The molecule has 0 radical (unpaired) electrons. The summed E-state index contributed by atoms with van der Waals surface area (Å²) in [4.78, 5) is 17.5. The normalized spacial score (nSPS) is 16.6. The number of hydrogen-bond acceptors (Lipinski definition) is 4. The van der Waals surface area contributed by atoms with Crippen LogP contribution in [0.1, 0.15) is 11.1 Å². The number of nitrogens with zero attached hydrogens (tertiary/aromatic N) is 3. The zero-order valence-electron chi connectivity index (χ0n) is 15.4. The van der Waals surface area contributed by atoms with Gasteiger partial charge in [-0.1, -0.05) is 54.6 Å². The largest absolute Gasteiger partial charge is 0.506 e. The second kappa shape index (κ2) is 7.48. The van der Waals surface area contributed by atoms with Crippen LogP contribution in [0.5, 0.6) is 5.75 Å². The molecule has 0 aliphatic carbocycles. The van der Waals surface area contributed by atoms with E-state index in [1.165, 1.54) is 5.01 Å². The molecule has 1 aliphatic rings. The van der Waals surface area contributed by atoms with Gasteiger partial charge in [0.15, 0.2) is 0 Å². The number of aromatic hydroxyl groups is 1. The fraction of sp³-hybridized carbons (Fsp3) is 0.0870. The minimum atomic E-state index is -0.637. The fourth-order valence-electron chi connectivity index (χ4n) is 3.12. The Morgan fingerprint density at radius 1 is 1.00 bits per heavy atom. The Morgan fingerprint density at radius 3 is 2.50 bits per heavy atom. The third-order valence-electron chi connectivity index (χ3n) is 4.54. The Kier molecular flexibility index (Phi) is 4.72. The fourth-order valence-corrected chi connectivity index (χ4v) is 3.12. The Morgan fingerprint density at radius 2 is 1.75 bits per heavy atom. The third kappa shape index (κ3) is 3.42. The smallest absolute Gasteiger partial charge is 0.262 e. The Bertz CT molecular complexity index is 1070. The van der Waals surface area contributed by atoms with Crippen molar-refractivity contribution >= 4 is 29.2 Å². The van der Waals surface area contributed by atoms with Gasteiger partial charge in [0.1, 0.15) is 17.4 Å². The lowest BCUT2D eigenvalue weighted by molar-refractivity contribution is -0.118. The Hall–Kier alpha value is -3.73. The van der Waals surface area contributed by atoms with Crippen molar-refractivity contribution in [3.05, 3.63) is 90.0 Å². The average molecular weight is 369 g/mol. The molecule has 3 aromatic carbocycles. The first-order valence-electron chi connectivity index (χ1n) is 9.00. The van der Waals surface area contributed by atoms with Gasteiger partial charge in [0.2, 0.25) is 0 Å². The van der Waals surface area contributed by atoms with Crippen LogP contribution in [-0.2, 0) is 4.79 Å². The van der Waals surface area contributed by atoms with Crippen molar-refractivity contribution in [2.45, 2.75) is 6.92 Å². The quantitative estimate of drug-likeness (QED) is 0.690. The maximum Gasteiger partial charge on any atom is 0.262 e. The molecule has 5 heteroatoms. The molecule has 4 rings (SSSR count). The van der Waals surface area contributed by atoms with E-state index in [9.17, 15) is 9.90 Å². The van der Waals surface area contributed by atoms with Gasteiger partial charge in [0, 0.05) is 6.21 Å². The third-order valence-corrected chi connectivity index (χ3v) is 4.54. The number of carbonyl (C=O) groups is 1. The van der Waals surface area contributed by atoms with Gasteiger partial charge in [-0.3, -0.25) is 9.79 Å². The van der Waals surface area contributed by atoms with Crippen LogP contribution in [0.2, 0.25) is 0 Å². The standard InChI is InChI=1S/C23H19N3O2/c1-16-8-7-11-18(14-16)26-23(28)19(15-24-20-12-5-6-13-21(20)27)22(25-26)17-9-3-2-4-10-17/h2-15,19,27H,1H3. The molecule has 0 aromatic heterocycles. The molecule has 0 fully saturated rings. The maximum atomic E-state index is 13.2. The van der Waals surface area contributed by atoms with Crippen LogP contribution in [0.25, 0.3) is 0 Å². The first-order valence-corrected chi connectivity index (χ1v) is 9.00. The predicted octanol–water partition coefficient (Wildman–Crippen LogP) is 4.47. The summed E-state index contributed by atoms with van der Waals surface area (Å²) < 4.78 is 0. The summed E-state index contributed by atoms with van der Waals surface area (Å²) in [5.74, 6) is -0.746. The number of aryl methyl sites for hydroxylation is 1. The number of para-hydroxylation sites is 2. The van der Waals surface area contributed by atoms with Gasteiger partial charge in [0.25, 0.3) is 5.91 Å². The highest BCUT2D eigenvalue weighted by molar-refractivity contribution is 6.29. The topological polar surface area (TPSA) is 65.3 Å². The summed E-state index contributed by atoms with van der Waals surface area (Å²) in [6.45, 7) is 1.98. The van der Waals surface area contributed by atoms with E-state index in [-0.39, 0.29) is 11.7 Å². The summed E-state index contributed by atoms with van der Waals surface area (Å²) >= 11 is 0. The van der Waals surface area contributed by atoms with Crippen LogP contribution in [0.15, 0.2) is 89.0 Å². The summed E-state index contributed by atoms with van der Waals surface area (Å²) in [7, 11) is 0. The van der Waals surface area contributed by atoms with Crippen molar-refractivity contribution in [3.63, 3.8) is 0 Å². The van der Waals surface area contributed by atoms with E-state index < -0.39 is 5.92 Å². The van der Waals surface area contributed by atoms with Gasteiger partial charge in [-0.25, -0.2) is 0 Å². The summed E-state index contributed by atoms with van der Waals surface area (Å²) in [6.07, 6.45) is 1.55. The number of hydrogen-bond donors (Lipinski definition) is 1. The first-order chi connectivity index (χ1) is 13.6. The molecule has 1 atom stereocenters. The van der Waals surface area contributed by atoms with Gasteiger partial charge in [0.05, 0.1) is 11.4 Å². The monoisotopic (exact) mass is 369 g/mol. The van der Waals surface area contributed by atoms with Gasteiger partial charge in [-0.05, 0) is 42.3 Å². The molecule has 1 amide bonds. The van der Waals surface area contributed by atoms with Crippen LogP contribution >= 0.6 is 0 Å². The molecule has 5 nitrogen and oxygen atoms in total. The number of amides is 1. The van der Waals surface area contributed by atoms with Gasteiger partial charge in [-0.2, -0.15) is 10.1 Å². The SMILES string of the molecule is Cc1cccc(N2N=C(c3ccccc3)C(C=Nc3ccccc3O)C2=O)c1. The van der Waals surface area contributed by atoms with Crippen molar-refractivity contribution in [2.75, 3.05) is 5.01 Å². The molecule has 0 saturated heterocycles. The summed E-state index contributed by atoms with van der Waals surface area (Å²) in [5.41, 5.74) is 3.67. The number of hydrazone groups is 1. The molecule has 1 N–H and O–H groups in total. The predicted molar refractivity (Wildman–Crippen MR) is 111 cm³/mol. The van der Waals surface area contributed by atoms with Gasteiger partial charge in [-0.15, -0.1) is 0 Å². The van der Waals surface area contributed by atoms with Crippen LogP contribution < -0.4 is 5.01 Å². The second-order valence-corrected chi connectivity index (χ2v) is 6.58. The number of benzene rings is 3. The highest BCUT2D eigenvalue weighted by Gasteiger charge is 2.36. The Labute approximate surface area is 163 Å². The van der Waals surface area contributed by atoms with E-state index in [1.54, 1.807) is 30.5 Å². The zero-order chi connectivity index (χ0) is 19.5. The van der Waals surface area contributed by atoms with Gasteiger partial charge >= 0.3 is 0 Å². The number of carbonyl (C=O) groups excluding carboxylic acids is 1. The van der Waals surface area contributed by atoms with Crippen LogP contribution in [0.4, 0.5) is 11.4 Å². The molecule has 138 valence electrons. The number of aliphatic imine (C=N–C) groups is 1. The van der Waals surface area contributed by atoms with E-state index >= 15 is 0 Å². The molecule has 0 saturated carbocycles. The number of rotatable bonds is 4. The molecule has 0 bridgehead atoms. The lowest BCUT2D eigenvalue weighted by Gasteiger charge is -2.13. The lowest BCUT2D eigenvalue weighted by atomic mass is 9.98. The molecule has 28 heavy (non-hydrogen) atoms. The first kappa shape index (κ1) is 17.7. The van der Waals surface area contributed by atoms with Crippen LogP contribution in [-0.4, -0.2) is 22.9 Å². The highest BCUT2D eigenvalue weighted by atomic mass is 16.3. The molecule has 3 aromatic rings.